The van der Waals surface area contributed by atoms with Crippen LogP contribution in [0.3, 0.4) is 0 Å². The van der Waals surface area contributed by atoms with E-state index < -0.39 is 0 Å². The molecule has 0 saturated carbocycles. The first-order valence-electron chi connectivity index (χ1n) is 12.1. The van der Waals surface area contributed by atoms with Crippen LogP contribution < -0.4 is 9.47 Å². The van der Waals surface area contributed by atoms with Crippen molar-refractivity contribution in [1.29, 1.82) is 0 Å². The van der Waals surface area contributed by atoms with Crippen molar-refractivity contribution < 1.29 is 14.2 Å². The summed E-state index contributed by atoms with van der Waals surface area (Å²) in [6.45, 7) is 7.76. The summed E-state index contributed by atoms with van der Waals surface area (Å²) in [6.07, 6.45) is 6.73. The first kappa shape index (κ1) is 23.5. The van der Waals surface area contributed by atoms with Gasteiger partial charge in [0.2, 0.25) is 0 Å². The van der Waals surface area contributed by atoms with Gasteiger partial charge in [0, 0.05) is 17.5 Å². The Morgan fingerprint density at radius 1 is 0.735 bits per heavy atom. The molecule has 3 heteroatoms. The van der Waals surface area contributed by atoms with E-state index in [4.69, 9.17) is 14.2 Å². The minimum atomic E-state index is 0.614. The van der Waals surface area contributed by atoms with Gasteiger partial charge < -0.3 is 14.2 Å². The molecule has 3 nitrogen and oxygen atoms in total. The number of hydrogen-bond donors (Lipinski definition) is 0. The number of ether oxygens (including phenoxy) is 3. The fourth-order valence-electron chi connectivity index (χ4n) is 4.09. The quantitative estimate of drug-likeness (QED) is 0.137. The summed E-state index contributed by atoms with van der Waals surface area (Å²) in [5.41, 5.74) is 7.27. The summed E-state index contributed by atoms with van der Waals surface area (Å²) in [4.78, 5) is 0. The molecule has 0 atom stereocenters. The maximum atomic E-state index is 5.95. The van der Waals surface area contributed by atoms with Crippen LogP contribution in [0.25, 0.3) is 11.1 Å². The number of benzene rings is 3. The predicted octanol–water partition coefficient (Wildman–Crippen LogP) is 7.16. The van der Waals surface area contributed by atoms with Gasteiger partial charge in [-0.05, 0) is 83.6 Å². The first-order chi connectivity index (χ1) is 16.8. The van der Waals surface area contributed by atoms with Gasteiger partial charge in [0.05, 0.1) is 26.1 Å². The van der Waals surface area contributed by atoms with E-state index in [2.05, 4.69) is 61.7 Å². The van der Waals surface area contributed by atoms with Crippen LogP contribution in [0.1, 0.15) is 54.9 Å². The van der Waals surface area contributed by atoms with Crippen molar-refractivity contribution in [3.05, 3.63) is 95.8 Å². The smallest absolute Gasteiger partial charge is 0.119 e. The summed E-state index contributed by atoms with van der Waals surface area (Å²) >= 11 is 0. The number of rotatable bonds is 11. The Morgan fingerprint density at radius 2 is 1.38 bits per heavy atom. The lowest BCUT2D eigenvalue weighted by Gasteiger charge is -2.08. The van der Waals surface area contributed by atoms with Crippen molar-refractivity contribution in [3.8, 4) is 34.5 Å². The molecule has 0 amide bonds. The first-order valence-corrected chi connectivity index (χ1v) is 12.1. The zero-order valence-electron chi connectivity index (χ0n) is 19.9. The molecule has 0 saturated heterocycles. The zero-order chi connectivity index (χ0) is 23.6. The van der Waals surface area contributed by atoms with E-state index in [-0.39, 0.29) is 0 Å². The highest BCUT2D eigenvalue weighted by Crippen LogP contribution is 2.38. The molecule has 0 fully saturated rings. The van der Waals surface area contributed by atoms with Gasteiger partial charge in [-0.3, -0.25) is 0 Å². The van der Waals surface area contributed by atoms with Crippen LogP contribution >= 0.6 is 0 Å². The summed E-state index contributed by atoms with van der Waals surface area (Å²) in [5.74, 6) is 8.40. The lowest BCUT2D eigenvalue weighted by molar-refractivity contribution is 0.209. The summed E-state index contributed by atoms with van der Waals surface area (Å²) < 4.78 is 16.8. The molecule has 0 N–H and O–H groups in total. The standard InChI is InChI=1S/C31H32O3/c1-3-5-6-19-34-29-15-17-31-27(23-29)22-26-21-25(12-16-30(26)31)9-8-24-10-13-28(14-11-24)33-20-7-18-32-4-2/h4,10-17,21,23H,2-3,5-7,18-20,22H2,1H3. The number of hydrogen-bond acceptors (Lipinski definition) is 3. The monoisotopic (exact) mass is 452 g/mol. The van der Waals surface area contributed by atoms with E-state index in [1.807, 2.05) is 24.3 Å². The van der Waals surface area contributed by atoms with Crippen LogP contribution in [0, 0.1) is 11.8 Å². The average Bonchev–Trinajstić information content (AvgIpc) is 3.23. The highest BCUT2D eigenvalue weighted by molar-refractivity contribution is 5.78. The molecule has 34 heavy (non-hydrogen) atoms. The highest BCUT2D eigenvalue weighted by Gasteiger charge is 2.19. The van der Waals surface area contributed by atoms with E-state index in [1.165, 1.54) is 41.4 Å². The molecule has 0 aliphatic heterocycles. The van der Waals surface area contributed by atoms with E-state index in [0.717, 1.165) is 48.5 Å². The Balaban J connectivity index is 1.35. The summed E-state index contributed by atoms with van der Waals surface area (Å²) in [5, 5.41) is 0. The van der Waals surface area contributed by atoms with Gasteiger partial charge in [0.15, 0.2) is 0 Å². The Hall–Kier alpha value is -3.64. The van der Waals surface area contributed by atoms with Gasteiger partial charge in [0.1, 0.15) is 11.5 Å². The Bertz CT molecular complexity index is 1170. The molecule has 0 spiro atoms. The molecule has 0 radical (unpaired) electrons. The minimum absolute atomic E-state index is 0.614. The van der Waals surface area contributed by atoms with Crippen LogP contribution in [0.4, 0.5) is 0 Å². The van der Waals surface area contributed by atoms with E-state index in [0.29, 0.717) is 13.2 Å². The highest BCUT2D eigenvalue weighted by atomic mass is 16.5. The molecule has 0 unspecified atom stereocenters. The van der Waals surface area contributed by atoms with Crippen molar-refractivity contribution in [2.75, 3.05) is 19.8 Å². The maximum Gasteiger partial charge on any atom is 0.119 e. The molecule has 3 aromatic carbocycles. The molecule has 174 valence electrons. The van der Waals surface area contributed by atoms with Crippen LogP contribution in [0.5, 0.6) is 11.5 Å². The largest absolute Gasteiger partial charge is 0.502 e. The molecule has 0 heterocycles. The van der Waals surface area contributed by atoms with Crippen LogP contribution in [-0.4, -0.2) is 19.8 Å². The van der Waals surface area contributed by atoms with Crippen LogP contribution in [0.2, 0.25) is 0 Å². The normalized spacial score (nSPS) is 11.1. The second-order valence-corrected chi connectivity index (χ2v) is 8.44. The molecular weight excluding hydrogens is 420 g/mol. The van der Waals surface area contributed by atoms with Crippen molar-refractivity contribution in [3.63, 3.8) is 0 Å². The van der Waals surface area contributed by atoms with Crippen molar-refractivity contribution in [1.82, 2.24) is 0 Å². The van der Waals surface area contributed by atoms with Gasteiger partial charge in [0.25, 0.3) is 0 Å². The molecule has 4 rings (SSSR count). The van der Waals surface area contributed by atoms with Gasteiger partial charge in [-0.2, -0.15) is 0 Å². The van der Waals surface area contributed by atoms with Crippen LogP contribution in [0.15, 0.2) is 73.5 Å². The topological polar surface area (TPSA) is 27.7 Å². The van der Waals surface area contributed by atoms with E-state index in [1.54, 1.807) is 0 Å². The molecule has 1 aliphatic carbocycles. The third kappa shape index (κ3) is 6.23. The zero-order valence-corrected chi connectivity index (χ0v) is 19.9. The van der Waals surface area contributed by atoms with Crippen LogP contribution in [-0.2, 0) is 11.2 Å². The third-order valence-corrected chi connectivity index (χ3v) is 5.87. The lowest BCUT2D eigenvalue weighted by Crippen LogP contribution is -2.00. The SMILES string of the molecule is C=COCCCOc1ccc(C#Cc2ccc3c(c2)Cc2cc(OCCCCC)ccc2-3)cc1. The molecule has 1 aliphatic rings. The molecule has 3 aromatic rings. The summed E-state index contributed by atoms with van der Waals surface area (Å²) in [7, 11) is 0. The second-order valence-electron chi connectivity index (χ2n) is 8.44. The van der Waals surface area contributed by atoms with E-state index >= 15 is 0 Å². The molecular formula is C31H32O3. The van der Waals surface area contributed by atoms with Gasteiger partial charge >= 0.3 is 0 Å². The number of unbranched alkanes of at least 4 members (excludes halogenated alkanes) is 2. The molecule has 0 aromatic heterocycles. The van der Waals surface area contributed by atoms with Crippen molar-refractivity contribution >= 4 is 0 Å². The van der Waals surface area contributed by atoms with Gasteiger partial charge in [-0.1, -0.05) is 50.3 Å². The fourth-order valence-corrected chi connectivity index (χ4v) is 4.09. The number of fused-ring (bicyclic) bond motifs is 3. The maximum absolute atomic E-state index is 5.95. The fraction of sp³-hybridized carbons (Fsp3) is 0.290. The average molecular weight is 453 g/mol. The Morgan fingerprint density at radius 3 is 2.18 bits per heavy atom. The predicted molar refractivity (Wildman–Crippen MR) is 138 cm³/mol. The van der Waals surface area contributed by atoms with E-state index in [9.17, 15) is 0 Å². The third-order valence-electron chi connectivity index (χ3n) is 5.87. The second kappa shape index (κ2) is 12.0. The van der Waals surface area contributed by atoms with Gasteiger partial charge in [-0.25, -0.2) is 0 Å². The Labute approximate surface area is 203 Å². The van der Waals surface area contributed by atoms with Crippen molar-refractivity contribution in [2.45, 2.75) is 39.0 Å². The Kier molecular flexibility index (Phi) is 8.30. The summed E-state index contributed by atoms with van der Waals surface area (Å²) in [6, 6.07) is 20.9. The lowest BCUT2D eigenvalue weighted by atomic mass is 10.0. The van der Waals surface area contributed by atoms with Crippen molar-refractivity contribution in [2.24, 2.45) is 0 Å². The van der Waals surface area contributed by atoms with Gasteiger partial charge in [-0.15, -0.1) is 0 Å². The molecule has 0 bridgehead atoms. The minimum Gasteiger partial charge on any atom is -0.502 e.